The number of benzene rings is 3. The molecule has 1 aromatic heterocycles. The van der Waals surface area contributed by atoms with Crippen LogP contribution in [0.4, 0.5) is 10.5 Å². The fourth-order valence-corrected chi connectivity index (χ4v) is 6.60. The quantitative estimate of drug-likeness (QED) is 0.288. The Kier molecular flexibility index (Phi) is 8.54. The van der Waals surface area contributed by atoms with Gasteiger partial charge in [-0.05, 0) is 74.6 Å². The van der Waals surface area contributed by atoms with Crippen molar-refractivity contribution in [2.45, 2.75) is 50.0 Å². The van der Waals surface area contributed by atoms with Gasteiger partial charge in [-0.3, -0.25) is 14.9 Å². The largest absolute Gasteiger partial charge is 0.496 e. The van der Waals surface area contributed by atoms with Gasteiger partial charge in [-0.15, -0.1) is 0 Å². The molecule has 1 saturated carbocycles. The normalized spacial score (nSPS) is 13.6. The van der Waals surface area contributed by atoms with Crippen LogP contribution in [0.5, 0.6) is 5.75 Å². The zero-order valence-electron chi connectivity index (χ0n) is 24.2. The van der Waals surface area contributed by atoms with E-state index in [1.165, 1.54) is 31.4 Å². The Morgan fingerprint density at radius 2 is 1.74 bits per heavy atom. The lowest BCUT2D eigenvalue weighted by Gasteiger charge is -2.16. The van der Waals surface area contributed by atoms with Crippen molar-refractivity contribution < 1.29 is 27.5 Å². The van der Waals surface area contributed by atoms with E-state index < -0.39 is 22.0 Å². The van der Waals surface area contributed by atoms with E-state index >= 15 is 0 Å². The molecule has 224 valence electrons. The highest BCUT2D eigenvalue weighted by Crippen LogP contribution is 2.26. The predicted octanol–water partition coefficient (Wildman–Crippen LogP) is 5.06. The van der Waals surface area contributed by atoms with Crippen LogP contribution in [0.2, 0.25) is 0 Å². The second-order valence-electron chi connectivity index (χ2n) is 10.6. The molecule has 0 spiro atoms. The zero-order valence-corrected chi connectivity index (χ0v) is 25.0. The van der Waals surface area contributed by atoms with Gasteiger partial charge in [0.05, 0.1) is 17.5 Å². The molecule has 3 aromatic carbocycles. The summed E-state index contributed by atoms with van der Waals surface area (Å²) in [6.45, 7) is 1.65. The molecule has 1 fully saturated rings. The van der Waals surface area contributed by atoms with Crippen molar-refractivity contribution in [3.63, 3.8) is 0 Å². The molecule has 2 N–H and O–H groups in total. The predicted molar refractivity (Wildman–Crippen MR) is 163 cm³/mol. The van der Waals surface area contributed by atoms with Gasteiger partial charge in [0.2, 0.25) is 0 Å². The number of ether oxygens (including phenoxy) is 2. The Morgan fingerprint density at radius 1 is 1.00 bits per heavy atom. The van der Waals surface area contributed by atoms with Crippen LogP contribution >= 0.6 is 0 Å². The van der Waals surface area contributed by atoms with Gasteiger partial charge in [0.1, 0.15) is 11.9 Å². The number of aryl methyl sites for hydroxylation is 2. The number of nitrogens with one attached hydrogen (secondary N) is 2. The number of amides is 2. The minimum atomic E-state index is -4.07. The van der Waals surface area contributed by atoms with Gasteiger partial charge < -0.3 is 14.0 Å². The maximum Gasteiger partial charge on any atom is 0.411 e. The van der Waals surface area contributed by atoms with Gasteiger partial charge >= 0.3 is 6.09 Å². The van der Waals surface area contributed by atoms with Gasteiger partial charge in [-0.2, -0.15) is 0 Å². The van der Waals surface area contributed by atoms with E-state index in [0.29, 0.717) is 45.6 Å². The highest BCUT2D eigenvalue weighted by atomic mass is 32.2. The van der Waals surface area contributed by atoms with Gasteiger partial charge in [-0.1, -0.05) is 24.3 Å². The summed E-state index contributed by atoms with van der Waals surface area (Å²) in [7, 11) is -0.781. The number of fused-ring (bicyclic) bond motifs is 1. The number of carbonyl (C=O) groups excluding carboxylic acids is 2. The van der Waals surface area contributed by atoms with E-state index in [2.05, 4.69) is 10.0 Å². The molecule has 0 unspecified atom stereocenters. The maximum atomic E-state index is 13.1. The van der Waals surface area contributed by atoms with E-state index in [0.717, 1.165) is 25.7 Å². The summed E-state index contributed by atoms with van der Waals surface area (Å²) in [5, 5.41) is 3.16. The highest BCUT2D eigenvalue weighted by Gasteiger charge is 2.22. The molecule has 43 heavy (non-hydrogen) atoms. The molecular weight excluding hydrogens is 570 g/mol. The lowest BCUT2D eigenvalue weighted by molar-refractivity contribution is 0.0980. The molecule has 10 nitrogen and oxygen atoms in total. The Labute approximate surface area is 249 Å². The van der Waals surface area contributed by atoms with Gasteiger partial charge in [0, 0.05) is 47.4 Å². The van der Waals surface area contributed by atoms with Gasteiger partial charge in [0.25, 0.3) is 15.9 Å². The molecule has 0 bridgehead atoms. The number of sulfonamides is 1. The average molecular weight is 604 g/mol. The molecular formula is C32H33N3O7S. The van der Waals surface area contributed by atoms with Crippen molar-refractivity contribution in [1.82, 2.24) is 9.29 Å². The molecule has 0 aliphatic heterocycles. The first-order chi connectivity index (χ1) is 20.6. The van der Waals surface area contributed by atoms with Gasteiger partial charge in [0.15, 0.2) is 5.43 Å². The van der Waals surface area contributed by atoms with E-state index in [4.69, 9.17) is 9.47 Å². The van der Waals surface area contributed by atoms with Crippen LogP contribution in [0.25, 0.3) is 10.9 Å². The summed E-state index contributed by atoms with van der Waals surface area (Å²) in [6, 6.07) is 17.7. The number of rotatable bonds is 8. The van der Waals surface area contributed by atoms with Crippen LogP contribution in [0.1, 0.15) is 52.9 Å². The summed E-state index contributed by atoms with van der Waals surface area (Å²) in [5.74, 6) is -0.420. The highest BCUT2D eigenvalue weighted by molar-refractivity contribution is 7.90. The topological polar surface area (TPSA) is 133 Å². The van der Waals surface area contributed by atoms with Gasteiger partial charge in [-0.25, -0.2) is 17.9 Å². The van der Waals surface area contributed by atoms with E-state index in [9.17, 15) is 22.8 Å². The van der Waals surface area contributed by atoms with Crippen molar-refractivity contribution in [3.8, 4) is 5.75 Å². The van der Waals surface area contributed by atoms with E-state index in [1.54, 1.807) is 49.4 Å². The minimum Gasteiger partial charge on any atom is -0.496 e. The third kappa shape index (κ3) is 6.56. The number of hydrogen-bond acceptors (Lipinski definition) is 7. The summed E-state index contributed by atoms with van der Waals surface area (Å²) in [6.07, 6.45) is 3.55. The van der Waals surface area contributed by atoms with Crippen LogP contribution in [-0.2, 0) is 28.2 Å². The molecule has 1 heterocycles. The van der Waals surface area contributed by atoms with Crippen molar-refractivity contribution >= 4 is 38.6 Å². The summed E-state index contributed by atoms with van der Waals surface area (Å²) < 4.78 is 40.6. The number of anilines is 1. The Bertz CT molecular complexity index is 1880. The number of carbonyl (C=O) groups is 2. The van der Waals surface area contributed by atoms with Crippen molar-refractivity contribution in [2.75, 3.05) is 12.4 Å². The molecule has 5 rings (SSSR count). The SMILES string of the molecule is COc1cc(C(=O)NS(=O)(=O)c2ccccc2C)ccc1Cc1cc(=O)c2cc(NC(=O)OC3CCCC3)ccc2n1C. The van der Waals surface area contributed by atoms with Crippen molar-refractivity contribution in [2.24, 2.45) is 7.05 Å². The first-order valence-corrected chi connectivity index (χ1v) is 15.4. The molecule has 1 aliphatic carbocycles. The Hall–Kier alpha value is -4.64. The lowest BCUT2D eigenvalue weighted by Crippen LogP contribution is -2.31. The number of aromatic nitrogens is 1. The van der Waals surface area contributed by atoms with E-state index in [-0.39, 0.29) is 22.0 Å². The zero-order chi connectivity index (χ0) is 30.7. The van der Waals surface area contributed by atoms with Crippen LogP contribution in [0.15, 0.2) is 76.4 Å². The molecule has 0 saturated heterocycles. The number of pyridine rings is 1. The third-order valence-electron chi connectivity index (χ3n) is 7.71. The number of nitrogens with zero attached hydrogens (tertiary/aromatic N) is 1. The summed E-state index contributed by atoms with van der Waals surface area (Å²) >= 11 is 0. The van der Waals surface area contributed by atoms with Crippen LogP contribution in [0, 0.1) is 6.92 Å². The van der Waals surface area contributed by atoms with Crippen LogP contribution in [0.3, 0.4) is 0 Å². The first-order valence-electron chi connectivity index (χ1n) is 14.0. The second-order valence-corrected chi connectivity index (χ2v) is 12.3. The number of methoxy groups -OCH3 is 1. The lowest BCUT2D eigenvalue weighted by atomic mass is 10.0. The molecule has 2 amide bonds. The van der Waals surface area contributed by atoms with Crippen LogP contribution < -0.4 is 20.2 Å². The minimum absolute atomic E-state index is 0.0241. The van der Waals surface area contributed by atoms with E-state index in [1.807, 2.05) is 11.6 Å². The molecule has 0 radical (unpaired) electrons. The standard InChI is InChI=1S/C32H33N3O7S/c1-20-8-4-7-11-30(20)43(39,40)34-31(37)22-13-12-21(29(17-22)41-3)16-24-19-28(36)26-18-23(14-15-27(26)35(24)2)33-32(38)42-25-9-5-6-10-25/h4,7-8,11-15,17-19,25H,5-6,9-10,16H2,1-3H3,(H,33,38)(H,34,37). The summed E-state index contributed by atoms with van der Waals surface area (Å²) in [5.41, 5.74) is 2.95. The fourth-order valence-electron chi connectivity index (χ4n) is 5.38. The Morgan fingerprint density at radius 3 is 2.47 bits per heavy atom. The number of hydrogen-bond donors (Lipinski definition) is 2. The van der Waals surface area contributed by atoms with Crippen LogP contribution in [-0.4, -0.2) is 38.2 Å². The second kappa shape index (κ2) is 12.3. The maximum absolute atomic E-state index is 13.1. The van der Waals surface area contributed by atoms with Crippen molar-refractivity contribution in [1.29, 1.82) is 0 Å². The fraction of sp³-hybridized carbons (Fsp3) is 0.281. The van der Waals surface area contributed by atoms with Crippen molar-refractivity contribution in [3.05, 3.63) is 99.3 Å². The smallest absolute Gasteiger partial charge is 0.411 e. The summed E-state index contributed by atoms with van der Waals surface area (Å²) in [4.78, 5) is 38.3. The molecule has 11 heteroatoms. The third-order valence-corrected chi connectivity index (χ3v) is 9.20. The Balaban J connectivity index is 1.35. The average Bonchev–Trinajstić information content (AvgIpc) is 3.48. The molecule has 0 atom stereocenters. The first kappa shape index (κ1) is 29.8. The monoisotopic (exact) mass is 603 g/mol. The molecule has 1 aliphatic rings. The molecule has 4 aromatic rings.